The molecule has 3 aromatic heterocycles. The summed E-state index contributed by atoms with van der Waals surface area (Å²) in [7, 11) is 1.58. The van der Waals surface area contributed by atoms with Crippen molar-refractivity contribution in [2.24, 2.45) is 0 Å². The zero-order valence-electron chi connectivity index (χ0n) is 15.5. The second kappa shape index (κ2) is 8.05. The molecule has 9 heteroatoms. The van der Waals surface area contributed by atoms with Crippen LogP contribution in [0.2, 0.25) is 0 Å². The van der Waals surface area contributed by atoms with Crippen molar-refractivity contribution in [3.05, 3.63) is 42.7 Å². The molecule has 28 heavy (non-hydrogen) atoms. The van der Waals surface area contributed by atoms with Crippen molar-refractivity contribution in [2.75, 3.05) is 49.4 Å². The Morgan fingerprint density at radius 1 is 1.14 bits per heavy atom. The topological polar surface area (TPSA) is 111 Å². The molecule has 0 bridgehead atoms. The fourth-order valence-electron chi connectivity index (χ4n) is 2.89. The van der Waals surface area contributed by atoms with Gasteiger partial charge < -0.3 is 25.4 Å². The Kier molecular flexibility index (Phi) is 5.16. The fraction of sp³-hybridized carbons (Fsp3) is 0.263. The van der Waals surface area contributed by atoms with Crippen molar-refractivity contribution in [3.8, 4) is 17.1 Å². The standard InChI is InChI=1S/C19H21N7O2/c1-27-18-14(3-2-6-21-18)23-17-11-15(13-4-5-16(20)22-12-13)24-19(25-17)26-7-9-28-10-8-26/h2-6,11-12H,7-10H2,1H3,(H2,20,22)(H,23,24,25). The Bertz CT molecular complexity index is 943. The summed E-state index contributed by atoms with van der Waals surface area (Å²) < 4.78 is 10.8. The maximum atomic E-state index is 5.72. The smallest absolute Gasteiger partial charge is 0.237 e. The molecule has 1 aliphatic heterocycles. The van der Waals surface area contributed by atoms with Crippen LogP contribution in [0.4, 0.5) is 23.3 Å². The van der Waals surface area contributed by atoms with Crippen molar-refractivity contribution in [2.45, 2.75) is 0 Å². The Labute approximate surface area is 162 Å². The van der Waals surface area contributed by atoms with E-state index in [1.165, 1.54) is 0 Å². The van der Waals surface area contributed by atoms with Gasteiger partial charge in [-0.15, -0.1) is 0 Å². The molecule has 0 aliphatic carbocycles. The van der Waals surface area contributed by atoms with Crippen LogP contribution in [0.25, 0.3) is 11.3 Å². The largest absolute Gasteiger partial charge is 0.480 e. The van der Waals surface area contributed by atoms with Crippen molar-refractivity contribution < 1.29 is 9.47 Å². The second-order valence-electron chi connectivity index (χ2n) is 6.19. The van der Waals surface area contributed by atoms with Gasteiger partial charge in [0.25, 0.3) is 0 Å². The third kappa shape index (κ3) is 3.94. The van der Waals surface area contributed by atoms with Gasteiger partial charge in [0.15, 0.2) is 0 Å². The number of anilines is 4. The van der Waals surface area contributed by atoms with Crippen molar-refractivity contribution in [3.63, 3.8) is 0 Å². The third-order valence-corrected chi connectivity index (χ3v) is 4.32. The summed E-state index contributed by atoms with van der Waals surface area (Å²) in [6.07, 6.45) is 3.38. The number of hydrogen-bond donors (Lipinski definition) is 2. The molecule has 0 atom stereocenters. The van der Waals surface area contributed by atoms with Crippen LogP contribution in [0.1, 0.15) is 0 Å². The maximum Gasteiger partial charge on any atom is 0.237 e. The third-order valence-electron chi connectivity index (χ3n) is 4.32. The zero-order valence-corrected chi connectivity index (χ0v) is 15.5. The van der Waals surface area contributed by atoms with Crippen LogP contribution in [-0.4, -0.2) is 53.3 Å². The molecule has 0 amide bonds. The number of pyridine rings is 2. The average Bonchev–Trinajstić information content (AvgIpc) is 2.75. The molecule has 0 saturated carbocycles. The van der Waals surface area contributed by atoms with Gasteiger partial charge in [0.2, 0.25) is 11.8 Å². The van der Waals surface area contributed by atoms with Crippen molar-refractivity contribution >= 4 is 23.3 Å². The predicted octanol–water partition coefficient (Wildman–Crippen LogP) is 2.10. The molecule has 3 aromatic rings. The lowest BCUT2D eigenvalue weighted by molar-refractivity contribution is 0.122. The normalized spacial score (nSPS) is 14.0. The molecule has 1 aliphatic rings. The Balaban J connectivity index is 1.73. The summed E-state index contributed by atoms with van der Waals surface area (Å²) in [4.78, 5) is 19.9. The maximum absolute atomic E-state index is 5.72. The Morgan fingerprint density at radius 2 is 2.00 bits per heavy atom. The molecule has 0 spiro atoms. The van der Waals surface area contributed by atoms with Crippen LogP contribution in [-0.2, 0) is 4.74 Å². The van der Waals surface area contributed by atoms with E-state index in [0.717, 1.165) is 30.0 Å². The summed E-state index contributed by atoms with van der Waals surface area (Å²) in [5.41, 5.74) is 8.04. The van der Waals surface area contributed by atoms with Gasteiger partial charge in [0, 0.05) is 37.1 Å². The minimum Gasteiger partial charge on any atom is -0.480 e. The molecule has 144 valence electrons. The van der Waals surface area contributed by atoms with E-state index in [-0.39, 0.29) is 0 Å². The Morgan fingerprint density at radius 3 is 2.75 bits per heavy atom. The Hall–Kier alpha value is -3.46. The number of aromatic nitrogens is 4. The highest BCUT2D eigenvalue weighted by Gasteiger charge is 2.17. The van der Waals surface area contributed by atoms with Crippen LogP contribution in [0, 0.1) is 0 Å². The highest BCUT2D eigenvalue weighted by atomic mass is 16.5. The van der Waals surface area contributed by atoms with Gasteiger partial charge in [-0.05, 0) is 24.3 Å². The van der Waals surface area contributed by atoms with E-state index < -0.39 is 0 Å². The molecule has 0 radical (unpaired) electrons. The number of nitrogens with two attached hydrogens (primary N) is 1. The highest BCUT2D eigenvalue weighted by molar-refractivity contribution is 5.69. The summed E-state index contributed by atoms with van der Waals surface area (Å²) in [5, 5.41) is 3.28. The lowest BCUT2D eigenvalue weighted by Gasteiger charge is -2.27. The summed E-state index contributed by atoms with van der Waals surface area (Å²) >= 11 is 0. The van der Waals surface area contributed by atoms with E-state index in [4.69, 9.17) is 25.2 Å². The van der Waals surface area contributed by atoms with Crippen LogP contribution in [0.15, 0.2) is 42.7 Å². The number of rotatable bonds is 5. The number of nitrogens with zero attached hydrogens (tertiary/aromatic N) is 5. The van der Waals surface area contributed by atoms with Gasteiger partial charge in [0.05, 0.1) is 26.0 Å². The van der Waals surface area contributed by atoms with Crippen LogP contribution < -0.4 is 20.7 Å². The summed E-state index contributed by atoms with van der Waals surface area (Å²) in [6, 6.07) is 9.22. The van der Waals surface area contributed by atoms with Crippen molar-refractivity contribution in [1.82, 2.24) is 19.9 Å². The first-order chi connectivity index (χ1) is 13.7. The SMILES string of the molecule is COc1ncccc1Nc1cc(-c2ccc(N)nc2)nc(N2CCOCC2)n1. The van der Waals surface area contributed by atoms with Crippen LogP contribution in [0.3, 0.4) is 0 Å². The van der Waals surface area contributed by atoms with E-state index in [2.05, 4.69) is 20.2 Å². The lowest BCUT2D eigenvalue weighted by atomic mass is 10.2. The fourth-order valence-corrected chi connectivity index (χ4v) is 2.89. The molecule has 1 saturated heterocycles. The van der Waals surface area contributed by atoms with E-state index in [1.54, 1.807) is 25.6 Å². The number of methoxy groups -OCH3 is 1. The molecule has 4 rings (SSSR count). The minimum absolute atomic E-state index is 0.463. The van der Waals surface area contributed by atoms with Crippen molar-refractivity contribution in [1.29, 1.82) is 0 Å². The number of hydrogen-bond acceptors (Lipinski definition) is 9. The van der Waals surface area contributed by atoms with E-state index in [9.17, 15) is 0 Å². The number of nitrogens with one attached hydrogen (secondary N) is 1. The van der Waals surface area contributed by atoms with E-state index >= 15 is 0 Å². The molecule has 0 unspecified atom stereocenters. The van der Waals surface area contributed by atoms with Gasteiger partial charge in [-0.25, -0.2) is 15.0 Å². The first kappa shape index (κ1) is 17.9. The van der Waals surface area contributed by atoms with Gasteiger partial charge in [0.1, 0.15) is 17.3 Å². The number of morpholine rings is 1. The predicted molar refractivity (Wildman–Crippen MR) is 107 cm³/mol. The molecule has 4 heterocycles. The molecular formula is C19H21N7O2. The monoisotopic (exact) mass is 379 g/mol. The molecule has 9 nitrogen and oxygen atoms in total. The van der Waals surface area contributed by atoms with E-state index in [1.807, 2.05) is 24.3 Å². The second-order valence-corrected chi connectivity index (χ2v) is 6.19. The lowest BCUT2D eigenvalue weighted by Crippen LogP contribution is -2.37. The first-order valence-corrected chi connectivity index (χ1v) is 8.92. The molecule has 3 N–H and O–H groups in total. The van der Waals surface area contributed by atoms with Crippen LogP contribution in [0.5, 0.6) is 5.88 Å². The number of ether oxygens (including phenoxy) is 2. The number of nitrogen functional groups attached to an aromatic ring is 1. The summed E-state index contributed by atoms with van der Waals surface area (Å²) in [6.45, 7) is 2.77. The molecule has 0 aromatic carbocycles. The minimum atomic E-state index is 0.463. The molecular weight excluding hydrogens is 358 g/mol. The van der Waals surface area contributed by atoms with Gasteiger partial charge in [-0.2, -0.15) is 4.98 Å². The summed E-state index contributed by atoms with van der Waals surface area (Å²) in [5.74, 6) is 2.21. The average molecular weight is 379 g/mol. The first-order valence-electron chi connectivity index (χ1n) is 8.92. The quantitative estimate of drug-likeness (QED) is 0.688. The highest BCUT2D eigenvalue weighted by Crippen LogP contribution is 2.28. The van der Waals surface area contributed by atoms with Gasteiger partial charge in [-0.1, -0.05) is 0 Å². The van der Waals surface area contributed by atoms with Gasteiger partial charge >= 0.3 is 0 Å². The van der Waals surface area contributed by atoms with Gasteiger partial charge in [-0.3, -0.25) is 0 Å². The zero-order chi connectivity index (χ0) is 19.3. The van der Waals surface area contributed by atoms with Crippen LogP contribution >= 0.6 is 0 Å². The van der Waals surface area contributed by atoms with E-state index in [0.29, 0.717) is 36.7 Å². The molecule has 1 fully saturated rings.